The van der Waals surface area contributed by atoms with Gasteiger partial charge in [-0.05, 0) is 69.2 Å². The van der Waals surface area contributed by atoms with Crippen molar-refractivity contribution >= 4 is 27.5 Å². The number of nitrogens with zero attached hydrogens (tertiary/aromatic N) is 2. The molecule has 8 nitrogen and oxygen atoms in total. The van der Waals surface area contributed by atoms with Crippen molar-refractivity contribution in [1.29, 1.82) is 0 Å². The molecule has 0 radical (unpaired) electrons. The molecular formula is C30H37N3O5S. The molecule has 3 aromatic rings. The maximum Gasteiger partial charge on any atom is 0.264 e. The molecule has 0 spiro atoms. The summed E-state index contributed by atoms with van der Waals surface area (Å²) < 4.78 is 34.2. The molecule has 0 aromatic heterocycles. The average Bonchev–Trinajstić information content (AvgIpc) is 2.93. The molecular weight excluding hydrogens is 514 g/mol. The number of hydrogen-bond donors (Lipinski definition) is 1. The minimum absolute atomic E-state index is 0.0610. The Labute approximate surface area is 231 Å². The van der Waals surface area contributed by atoms with E-state index < -0.39 is 28.5 Å². The molecule has 0 aliphatic rings. The first-order chi connectivity index (χ1) is 18.7. The quantitative estimate of drug-likeness (QED) is 0.335. The van der Waals surface area contributed by atoms with E-state index in [0.717, 1.165) is 9.87 Å². The first-order valence-corrected chi connectivity index (χ1v) is 14.6. The molecule has 1 atom stereocenters. The summed E-state index contributed by atoms with van der Waals surface area (Å²) >= 11 is 0. The van der Waals surface area contributed by atoms with Crippen molar-refractivity contribution < 1.29 is 22.7 Å². The van der Waals surface area contributed by atoms with Crippen molar-refractivity contribution in [3.63, 3.8) is 0 Å². The predicted molar refractivity (Wildman–Crippen MR) is 153 cm³/mol. The number of rotatable bonds is 13. The van der Waals surface area contributed by atoms with Gasteiger partial charge in [-0.3, -0.25) is 13.9 Å². The monoisotopic (exact) mass is 551 g/mol. The van der Waals surface area contributed by atoms with Crippen molar-refractivity contribution in [3.8, 4) is 5.75 Å². The standard InChI is InChI=1S/C30H37N3O5S/c1-5-28(30(35)31-23(3)4)32(21-24-13-9-7-10-14-24)29(34)22-33(25-17-19-26(20-18-25)38-6-2)39(36,37)27-15-11-8-12-16-27/h7-20,23,28H,5-6,21-22H2,1-4H3,(H,31,35)/t28-/m1/s1. The maximum absolute atomic E-state index is 14.0. The Kier molecular flexibility index (Phi) is 10.5. The molecule has 3 rings (SSSR count). The van der Waals surface area contributed by atoms with Crippen LogP contribution >= 0.6 is 0 Å². The molecule has 0 unspecified atom stereocenters. The third-order valence-corrected chi connectivity index (χ3v) is 7.85. The van der Waals surface area contributed by atoms with Crippen LogP contribution < -0.4 is 14.4 Å². The van der Waals surface area contributed by atoms with Gasteiger partial charge in [0, 0.05) is 12.6 Å². The lowest BCUT2D eigenvalue weighted by atomic mass is 10.1. The number of carbonyl (C=O) groups excluding carboxylic acids is 2. The highest BCUT2D eigenvalue weighted by Gasteiger charge is 2.33. The number of anilines is 1. The van der Waals surface area contributed by atoms with Crippen LogP contribution in [0.5, 0.6) is 5.75 Å². The molecule has 0 saturated heterocycles. The maximum atomic E-state index is 14.0. The van der Waals surface area contributed by atoms with Crippen molar-refractivity contribution in [3.05, 3.63) is 90.5 Å². The molecule has 39 heavy (non-hydrogen) atoms. The molecule has 1 N–H and O–H groups in total. The second-order valence-corrected chi connectivity index (χ2v) is 11.2. The highest BCUT2D eigenvalue weighted by Crippen LogP contribution is 2.27. The second kappa shape index (κ2) is 13.8. The predicted octanol–water partition coefficient (Wildman–Crippen LogP) is 4.61. The van der Waals surface area contributed by atoms with Gasteiger partial charge in [0.25, 0.3) is 10.0 Å². The fourth-order valence-corrected chi connectivity index (χ4v) is 5.64. The van der Waals surface area contributed by atoms with Gasteiger partial charge < -0.3 is 15.0 Å². The van der Waals surface area contributed by atoms with Crippen LogP contribution in [0.1, 0.15) is 39.7 Å². The molecule has 2 amide bonds. The molecule has 0 saturated carbocycles. The van der Waals surface area contributed by atoms with Crippen molar-refractivity contribution in [2.24, 2.45) is 0 Å². The second-order valence-electron chi connectivity index (χ2n) is 9.35. The van der Waals surface area contributed by atoms with Crippen molar-refractivity contribution in [1.82, 2.24) is 10.2 Å². The Hall–Kier alpha value is -3.85. The van der Waals surface area contributed by atoms with Crippen molar-refractivity contribution in [2.45, 2.75) is 57.6 Å². The van der Waals surface area contributed by atoms with Crippen LogP contribution in [0, 0.1) is 0 Å². The summed E-state index contributed by atoms with van der Waals surface area (Å²) in [4.78, 5) is 28.7. The number of hydrogen-bond acceptors (Lipinski definition) is 5. The Bertz CT molecular complexity index is 1310. The van der Waals surface area contributed by atoms with Gasteiger partial charge in [-0.25, -0.2) is 8.42 Å². The van der Waals surface area contributed by atoms with E-state index in [0.29, 0.717) is 24.5 Å². The summed E-state index contributed by atoms with van der Waals surface area (Å²) in [5, 5.41) is 2.90. The van der Waals surface area contributed by atoms with Gasteiger partial charge in [0.15, 0.2) is 0 Å². The summed E-state index contributed by atoms with van der Waals surface area (Å²) in [6, 6.07) is 23.0. The molecule has 0 heterocycles. The van der Waals surface area contributed by atoms with E-state index in [9.17, 15) is 18.0 Å². The fraction of sp³-hybridized carbons (Fsp3) is 0.333. The lowest BCUT2D eigenvalue weighted by Gasteiger charge is -2.33. The van der Waals surface area contributed by atoms with E-state index in [1.165, 1.54) is 17.0 Å². The summed E-state index contributed by atoms with van der Waals surface area (Å²) in [6.45, 7) is 7.55. The number of carbonyl (C=O) groups is 2. The highest BCUT2D eigenvalue weighted by atomic mass is 32.2. The van der Waals surface area contributed by atoms with Crippen LogP contribution in [0.25, 0.3) is 0 Å². The zero-order chi connectivity index (χ0) is 28.4. The summed E-state index contributed by atoms with van der Waals surface area (Å²) in [6.07, 6.45) is 0.367. The van der Waals surface area contributed by atoms with E-state index in [1.54, 1.807) is 42.5 Å². The van der Waals surface area contributed by atoms with Gasteiger partial charge >= 0.3 is 0 Å². The van der Waals surface area contributed by atoms with Crippen LogP contribution in [0.15, 0.2) is 89.8 Å². The Morgan fingerprint density at radius 1 is 0.872 bits per heavy atom. The average molecular weight is 552 g/mol. The van der Waals surface area contributed by atoms with Gasteiger partial charge in [-0.2, -0.15) is 0 Å². The van der Waals surface area contributed by atoms with E-state index in [4.69, 9.17) is 4.74 Å². The minimum atomic E-state index is -4.11. The topological polar surface area (TPSA) is 96.0 Å². The molecule has 208 valence electrons. The Morgan fingerprint density at radius 3 is 2.00 bits per heavy atom. The van der Waals surface area contributed by atoms with Gasteiger partial charge in [0.05, 0.1) is 17.2 Å². The minimum Gasteiger partial charge on any atom is -0.494 e. The normalized spacial score (nSPS) is 12.0. The molecule has 0 bridgehead atoms. The van der Waals surface area contributed by atoms with E-state index in [2.05, 4.69) is 5.32 Å². The summed E-state index contributed by atoms with van der Waals surface area (Å²) in [5.41, 5.74) is 1.15. The van der Waals surface area contributed by atoms with E-state index in [-0.39, 0.29) is 23.4 Å². The Morgan fingerprint density at radius 2 is 1.46 bits per heavy atom. The third kappa shape index (κ3) is 7.83. The van der Waals surface area contributed by atoms with E-state index >= 15 is 0 Å². The number of nitrogens with one attached hydrogen (secondary N) is 1. The van der Waals surface area contributed by atoms with Crippen molar-refractivity contribution in [2.75, 3.05) is 17.5 Å². The van der Waals surface area contributed by atoms with Gasteiger partial charge in [-0.1, -0.05) is 55.5 Å². The summed E-state index contributed by atoms with van der Waals surface area (Å²) in [5.74, 6) is -0.181. The SMILES string of the molecule is CCOc1ccc(N(CC(=O)N(Cc2ccccc2)[C@H](CC)C(=O)NC(C)C)S(=O)(=O)c2ccccc2)cc1. The van der Waals surface area contributed by atoms with Crippen LogP contribution in [0.3, 0.4) is 0 Å². The number of ether oxygens (including phenoxy) is 1. The largest absolute Gasteiger partial charge is 0.494 e. The highest BCUT2D eigenvalue weighted by molar-refractivity contribution is 7.92. The third-order valence-electron chi connectivity index (χ3n) is 6.06. The number of benzene rings is 3. The molecule has 0 aliphatic heterocycles. The molecule has 0 fully saturated rings. The fourth-order valence-electron chi connectivity index (χ4n) is 4.20. The van der Waals surface area contributed by atoms with Crippen LogP contribution in [0.4, 0.5) is 5.69 Å². The van der Waals surface area contributed by atoms with Crippen LogP contribution in [0.2, 0.25) is 0 Å². The van der Waals surface area contributed by atoms with Gasteiger partial charge in [0.2, 0.25) is 11.8 Å². The molecule has 3 aromatic carbocycles. The molecule has 0 aliphatic carbocycles. The van der Waals surface area contributed by atoms with Crippen LogP contribution in [-0.2, 0) is 26.2 Å². The molecule has 9 heteroatoms. The Balaban J connectivity index is 2.03. The van der Waals surface area contributed by atoms with Gasteiger partial charge in [-0.15, -0.1) is 0 Å². The van der Waals surface area contributed by atoms with E-state index in [1.807, 2.05) is 58.0 Å². The van der Waals surface area contributed by atoms with Gasteiger partial charge in [0.1, 0.15) is 18.3 Å². The zero-order valence-corrected chi connectivity index (χ0v) is 23.7. The lowest BCUT2D eigenvalue weighted by Crippen LogP contribution is -2.53. The first-order valence-electron chi connectivity index (χ1n) is 13.1. The number of amides is 2. The smallest absolute Gasteiger partial charge is 0.264 e. The summed E-state index contributed by atoms with van der Waals surface area (Å²) in [7, 11) is -4.11. The zero-order valence-electron chi connectivity index (χ0n) is 22.9. The van der Waals surface area contributed by atoms with Crippen LogP contribution in [-0.4, -0.2) is 50.4 Å². The number of sulfonamides is 1. The lowest BCUT2D eigenvalue weighted by molar-refractivity contribution is -0.140. The first kappa shape index (κ1) is 29.7.